The predicted molar refractivity (Wildman–Crippen MR) is 93.6 cm³/mol. The molecule has 1 aromatic rings. The SMILES string of the molecule is CCNC(=O)CNC(=O)COC(=O)CN(C)S(=O)(=O)c1ccc(C)cc1. The maximum Gasteiger partial charge on any atom is 0.321 e. The van der Waals surface area contributed by atoms with E-state index in [9.17, 15) is 22.8 Å². The van der Waals surface area contributed by atoms with Crippen molar-refractivity contribution in [3.63, 3.8) is 0 Å². The maximum atomic E-state index is 12.4. The summed E-state index contributed by atoms with van der Waals surface area (Å²) in [7, 11) is -2.60. The molecule has 1 aromatic carbocycles. The highest BCUT2D eigenvalue weighted by Gasteiger charge is 2.23. The van der Waals surface area contributed by atoms with Gasteiger partial charge in [-0.15, -0.1) is 0 Å². The Bertz CT molecular complexity index is 746. The Kier molecular flexibility index (Phi) is 8.20. The largest absolute Gasteiger partial charge is 0.455 e. The summed E-state index contributed by atoms with van der Waals surface area (Å²) >= 11 is 0. The van der Waals surface area contributed by atoms with E-state index in [2.05, 4.69) is 10.6 Å². The number of hydrogen-bond acceptors (Lipinski definition) is 6. The number of amides is 2. The number of ether oxygens (including phenoxy) is 1. The van der Waals surface area contributed by atoms with E-state index in [1.54, 1.807) is 19.1 Å². The van der Waals surface area contributed by atoms with Crippen molar-refractivity contribution in [1.29, 1.82) is 0 Å². The highest BCUT2D eigenvalue weighted by molar-refractivity contribution is 7.89. The van der Waals surface area contributed by atoms with Crippen molar-refractivity contribution in [3.05, 3.63) is 29.8 Å². The van der Waals surface area contributed by atoms with Crippen molar-refractivity contribution in [1.82, 2.24) is 14.9 Å². The van der Waals surface area contributed by atoms with E-state index < -0.39 is 35.1 Å². The van der Waals surface area contributed by atoms with Crippen LogP contribution >= 0.6 is 0 Å². The average molecular weight is 385 g/mol. The summed E-state index contributed by atoms with van der Waals surface area (Å²) in [4.78, 5) is 34.5. The molecule has 0 aliphatic rings. The first-order valence-electron chi connectivity index (χ1n) is 7.88. The Balaban J connectivity index is 2.48. The summed E-state index contributed by atoms with van der Waals surface area (Å²) in [6.07, 6.45) is 0. The second-order valence-electron chi connectivity index (χ2n) is 5.47. The molecule has 0 aliphatic heterocycles. The standard InChI is InChI=1S/C16H23N3O6S/c1-4-17-14(20)9-18-15(21)11-25-16(22)10-19(3)26(23,24)13-7-5-12(2)6-8-13/h5-8H,4,9-11H2,1-3H3,(H,17,20)(H,18,21). The highest BCUT2D eigenvalue weighted by Crippen LogP contribution is 2.14. The smallest absolute Gasteiger partial charge is 0.321 e. The topological polar surface area (TPSA) is 122 Å². The van der Waals surface area contributed by atoms with E-state index >= 15 is 0 Å². The molecular weight excluding hydrogens is 362 g/mol. The molecule has 0 heterocycles. The van der Waals surface area contributed by atoms with Gasteiger partial charge in [0.1, 0.15) is 6.54 Å². The number of carbonyl (C=O) groups is 3. The molecule has 0 radical (unpaired) electrons. The maximum absolute atomic E-state index is 12.4. The normalized spacial score (nSPS) is 11.1. The number of esters is 1. The Morgan fingerprint density at radius 1 is 1.08 bits per heavy atom. The molecule has 0 fully saturated rings. The fourth-order valence-corrected chi connectivity index (χ4v) is 2.95. The number of aryl methyl sites for hydroxylation is 1. The van der Waals surface area contributed by atoms with E-state index in [4.69, 9.17) is 4.74 Å². The summed E-state index contributed by atoms with van der Waals surface area (Å²) in [5.74, 6) is -1.90. The zero-order chi connectivity index (χ0) is 19.7. The minimum absolute atomic E-state index is 0.0538. The van der Waals surface area contributed by atoms with Gasteiger partial charge < -0.3 is 15.4 Å². The van der Waals surface area contributed by atoms with Gasteiger partial charge in [-0.1, -0.05) is 17.7 Å². The Morgan fingerprint density at radius 3 is 2.27 bits per heavy atom. The molecule has 0 atom stereocenters. The van der Waals surface area contributed by atoms with Crippen LogP contribution in [0.1, 0.15) is 12.5 Å². The third-order valence-corrected chi connectivity index (χ3v) is 5.08. The van der Waals surface area contributed by atoms with Crippen molar-refractivity contribution < 1.29 is 27.5 Å². The molecule has 0 aliphatic carbocycles. The number of likely N-dealkylation sites (N-methyl/N-ethyl adjacent to an activating group) is 2. The van der Waals surface area contributed by atoms with Gasteiger partial charge in [0.2, 0.25) is 15.9 Å². The van der Waals surface area contributed by atoms with Crippen LogP contribution in [0.3, 0.4) is 0 Å². The minimum Gasteiger partial charge on any atom is -0.455 e. The van der Waals surface area contributed by atoms with Gasteiger partial charge in [0.15, 0.2) is 6.61 Å². The van der Waals surface area contributed by atoms with E-state index in [1.165, 1.54) is 19.2 Å². The van der Waals surface area contributed by atoms with E-state index in [-0.39, 0.29) is 17.3 Å². The Hall–Kier alpha value is -2.46. The van der Waals surface area contributed by atoms with Crippen LogP contribution in [-0.2, 0) is 29.1 Å². The molecule has 2 N–H and O–H groups in total. The number of nitrogens with one attached hydrogen (secondary N) is 2. The van der Waals surface area contributed by atoms with Gasteiger partial charge >= 0.3 is 5.97 Å². The fourth-order valence-electron chi connectivity index (χ4n) is 1.84. The number of carbonyl (C=O) groups excluding carboxylic acids is 3. The molecule has 26 heavy (non-hydrogen) atoms. The molecule has 2 amide bonds. The van der Waals surface area contributed by atoms with Gasteiger partial charge in [-0.2, -0.15) is 4.31 Å². The number of sulfonamides is 1. The van der Waals surface area contributed by atoms with Crippen molar-refractivity contribution in [3.8, 4) is 0 Å². The van der Waals surface area contributed by atoms with Gasteiger partial charge in [-0.05, 0) is 26.0 Å². The van der Waals surface area contributed by atoms with Crippen LogP contribution in [0.25, 0.3) is 0 Å². The van der Waals surface area contributed by atoms with Gasteiger partial charge in [0.25, 0.3) is 5.91 Å². The van der Waals surface area contributed by atoms with Crippen LogP contribution in [0.5, 0.6) is 0 Å². The number of nitrogens with zero attached hydrogens (tertiary/aromatic N) is 1. The lowest BCUT2D eigenvalue weighted by Crippen LogP contribution is -2.39. The first-order chi connectivity index (χ1) is 12.2. The lowest BCUT2D eigenvalue weighted by molar-refractivity contribution is -0.148. The number of benzene rings is 1. The third kappa shape index (κ3) is 6.81. The van der Waals surface area contributed by atoms with Crippen LogP contribution in [-0.4, -0.2) is 63.8 Å². The zero-order valence-electron chi connectivity index (χ0n) is 14.9. The molecule has 0 aromatic heterocycles. The minimum atomic E-state index is -3.84. The summed E-state index contributed by atoms with van der Waals surface area (Å²) in [6.45, 7) is 2.63. The average Bonchev–Trinajstić information content (AvgIpc) is 2.58. The molecular formula is C16H23N3O6S. The first-order valence-corrected chi connectivity index (χ1v) is 9.32. The predicted octanol–water partition coefficient (Wildman–Crippen LogP) is -0.589. The van der Waals surface area contributed by atoms with Crippen LogP contribution in [0, 0.1) is 6.92 Å². The van der Waals surface area contributed by atoms with Crippen LogP contribution < -0.4 is 10.6 Å². The Morgan fingerprint density at radius 2 is 1.69 bits per heavy atom. The molecule has 1 rings (SSSR count). The summed E-state index contributed by atoms with van der Waals surface area (Å²) in [5.41, 5.74) is 0.907. The summed E-state index contributed by atoms with van der Waals surface area (Å²) in [5, 5.41) is 4.77. The highest BCUT2D eigenvalue weighted by atomic mass is 32.2. The van der Waals surface area contributed by atoms with Crippen LogP contribution in [0.15, 0.2) is 29.2 Å². The van der Waals surface area contributed by atoms with Crippen molar-refractivity contribution in [2.45, 2.75) is 18.7 Å². The summed E-state index contributed by atoms with van der Waals surface area (Å²) < 4.78 is 30.3. The van der Waals surface area contributed by atoms with Crippen molar-refractivity contribution in [2.24, 2.45) is 0 Å². The lowest BCUT2D eigenvalue weighted by Gasteiger charge is -2.16. The molecule has 0 unspecified atom stereocenters. The number of rotatable bonds is 9. The Labute approximate surface area is 152 Å². The van der Waals surface area contributed by atoms with Gasteiger partial charge in [-0.3, -0.25) is 14.4 Å². The van der Waals surface area contributed by atoms with Gasteiger partial charge in [-0.25, -0.2) is 8.42 Å². The molecule has 0 bridgehead atoms. The van der Waals surface area contributed by atoms with Crippen molar-refractivity contribution >= 4 is 27.8 Å². The fraction of sp³-hybridized carbons (Fsp3) is 0.438. The van der Waals surface area contributed by atoms with Crippen LogP contribution in [0.4, 0.5) is 0 Å². The van der Waals surface area contributed by atoms with Gasteiger partial charge in [0.05, 0.1) is 11.4 Å². The van der Waals surface area contributed by atoms with E-state index in [1.807, 2.05) is 6.92 Å². The molecule has 0 saturated heterocycles. The quantitative estimate of drug-likeness (QED) is 0.548. The molecule has 0 saturated carbocycles. The lowest BCUT2D eigenvalue weighted by atomic mass is 10.2. The monoisotopic (exact) mass is 385 g/mol. The second-order valence-corrected chi connectivity index (χ2v) is 7.51. The first kappa shape index (κ1) is 21.6. The third-order valence-electron chi connectivity index (χ3n) is 3.27. The number of hydrogen-bond donors (Lipinski definition) is 2. The summed E-state index contributed by atoms with van der Waals surface area (Å²) in [6, 6.07) is 6.19. The second kappa shape index (κ2) is 9.88. The molecule has 0 spiro atoms. The molecule has 144 valence electrons. The van der Waals surface area contributed by atoms with Gasteiger partial charge in [0, 0.05) is 13.6 Å². The van der Waals surface area contributed by atoms with E-state index in [0.29, 0.717) is 6.54 Å². The zero-order valence-corrected chi connectivity index (χ0v) is 15.8. The molecule has 9 nitrogen and oxygen atoms in total. The van der Waals surface area contributed by atoms with E-state index in [0.717, 1.165) is 9.87 Å². The van der Waals surface area contributed by atoms with Crippen LogP contribution in [0.2, 0.25) is 0 Å². The molecule has 10 heteroatoms. The van der Waals surface area contributed by atoms with Crippen molar-refractivity contribution in [2.75, 3.05) is 33.3 Å².